The topological polar surface area (TPSA) is 109 Å². The number of thiophene rings is 1. The first-order valence-electron chi connectivity index (χ1n) is 10.0. The number of nitrogens with one attached hydrogen (secondary N) is 1. The Hall–Kier alpha value is -3.49. The van der Waals surface area contributed by atoms with Gasteiger partial charge in [-0.1, -0.05) is 48.5 Å². The fraction of sp³-hybridized carbons (Fsp3) is 0.208. The molecule has 3 N–H and O–H groups in total. The number of aromatic hydroxyl groups is 1. The van der Waals surface area contributed by atoms with E-state index in [-0.39, 0.29) is 29.1 Å². The normalized spacial score (nSPS) is 11.7. The van der Waals surface area contributed by atoms with Crippen LogP contribution < -0.4 is 10.9 Å². The van der Waals surface area contributed by atoms with Crippen molar-refractivity contribution >= 4 is 44.0 Å². The quantitative estimate of drug-likeness (QED) is 0.391. The maximum absolute atomic E-state index is 13.4. The number of para-hydroxylation sites is 1. The van der Waals surface area contributed by atoms with Crippen LogP contribution in [0.1, 0.15) is 33.9 Å². The predicted molar refractivity (Wildman–Crippen MR) is 125 cm³/mol. The summed E-state index contributed by atoms with van der Waals surface area (Å²) in [5.41, 5.74) is -0.652. The van der Waals surface area contributed by atoms with Gasteiger partial charge in [0.25, 0.3) is 11.5 Å². The van der Waals surface area contributed by atoms with Crippen LogP contribution in [0.5, 0.6) is 5.75 Å². The molecule has 4 aromatic rings. The van der Waals surface area contributed by atoms with E-state index >= 15 is 0 Å². The van der Waals surface area contributed by atoms with Crippen molar-refractivity contribution in [1.82, 2.24) is 9.88 Å². The summed E-state index contributed by atoms with van der Waals surface area (Å²) in [6.07, 6.45) is 0. The molecule has 0 saturated heterocycles. The fourth-order valence-corrected chi connectivity index (χ4v) is 4.64. The summed E-state index contributed by atoms with van der Waals surface area (Å²) in [6.45, 7) is 2.88. The number of pyridine rings is 1. The number of carbonyl (C=O) groups is 2. The van der Waals surface area contributed by atoms with Gasteiger partial charge in [0, 0.05) is 17.5 Å². The highest BCUT2D eigenvalue weighted by molar-refractivity contribution is 7.22. The lowest BCUT2D eigenvalue weighted by atomic mass is 10.1. The Labute approximate surface area is 187 Å². The molecule has 0 aliphatic heterocycles. The molecule has 0 saturated carbocycles. The van der Waals surface area contributed by atoms with E-state index in [4.69, 9.17) is 0 Å². The van der Waals surface area contributed by atoms with Gasteiger partial charge in [-0.2, -0.15) is 0 Å². The van der Waals surface area contributed by atoms with Crippen LogP contribution in [0.4, 0.5) is 0 Å². The summed E-state index contributed by atoms with van der Waals surface area (Å²) < 4.78 is 1.80. The number of rotatable bonds is 6. The highest BCUT2D eigenvalue weighted by Gasteiger charge is 2.25. The molecule has 2 aromatic carbocycles. The first-order valence-corrected chi connectivity index (χ1v) is 10.8. The van der Waals surface area contributed by atoms with Gasteiger partial charge < -0.3 is 15.5 Å². The van der Waals surface area contributed by atoms with Gasteiger partial charge in [-0.3, -0.25) is 19.0 Å². The molecule has 8 heteroatoms. The van der Waals surface area contributed by atoms with E-state index in [0.29, 0.717) is 21.2 Å². The van der Waals surface area contributed by atoms with E-state index in [1.165, 1.54) is 4.57 Å². The number of hydrogen-bond donors (Lipinski definition) is 3. The summed E-state index contributed by atoms with van der Waals surface area (Å²) in [7, 11) is 0. The van der Waals surface area contributed by atoms with Crippen molar-refractivity contribution in [3.05, 3.63) is 75.4 Å². The zero-order chi connectivity index (χ0) is 23.0. The van der Waals surface area contributed by atoms with Gasteiger partial charge >= 0.3 is 0 Å². The van der Waals surface area contributed by atoms with Crippen LogP contribution in [0.25, 0.3) is 21.0 Å². The third-order valence-electron chi connectivity index (χ3n) is 5.07. The molecule has 0 fully saturated rings. The van der Waals surface area contributed by atoms with Crippen molar-refractivity contribution in [2.24, 2.45) is 0 Å². The van der Waals surface area contributed by atoms with Crippen molar-refractivity contribution in [1.29, 1.82) is 0 Å². The molecule has 164 valence electrons. The van der Waals surface area contributed by atoms with Crippen LogP contribution in [0.15, 0.2) is 59.4 Å². The number of benzene rings is 2. The Morgan fingerprint density at radius 3 is 2.41 bits per heavy atom. The van der Waals surface area contributed by atoms with Gasteiger partial charge in [-0.25, -0.2) is 0 Å². The molecule has 0 bridgehead atoms. The van der Waals surface area contributed by atoms with Crippen LogP contribution in [0.2, 0.25) is 0 Å². The molecule has 2 aromatic heterocycles. The van der Waals surface area contributed by atoms with E-state index in [1.807, 2.05) is 0 Å². The minimum Gasteiger partial charge on any atom is -0.505 e. The SMILES string of the molecule is CC(C)(O)CNC(=O)c1sc2c(c1O)c(=O)n(CC(=O)c1ccccc1)c1ccccc21. The van der Waals surface area contributed by atoms with Gasteiger partial charge in [0.15, 0.2) is 11.5 Å². The molecule has 32 heavy (non-hydrogen) atoms. The standard InChI is InChI=1S/C24H22N2O5S/c1-24(2,31)13-25-22(29)21-19(28)18-20(32-21)15-10-6-7-11-16(15)26(23(18)30)12-17(27)14-8-4-3-5-9-14/h3-11,28,31H,12-13H2,1-2H3,(H,25,29). The lowest BCUT2D eigenvalue weighted by molar-refractivity contribution is 0.0695. The van der Waals surface area contributed by atoms with Crippen molar-refractivity contribution < 1.29 is 19.8 Å². The Morgan fingerprint density at radius 2 is 1.72 bits per heavy atom. The maximum atomic E-state index is 13.4. The van der Waals surface area contributed by atoms with Crippen molar-refractivity contribution in [3.63, 3.8) is 0 Å². The molecule has 0 unspecified atom stereocenters. The largest absolute Gasteiger partial charge is 0.505 e. The third-order valence-corrected chi connectivity index (χ3v) is 6.28. The second kappa shape index (κ2) is 8.22. The van der Waals surface area contributed by atoms with Gasteiger partial charge in [-0.05, 0) is 19.9 Å². The molecule has 0 atom stereocenters. The monoisotopic (exact) mass is 450 g/mol. The minimum atomic E-state index is -1.13. The Morgan fingerprint density at radius 1 is 1.06 bits per heavy atom. The Balaban J connectivity index is 1.86. The van der Waals surface area contributed by atoms with E-state index in [2.05, 4.69) is 5.32 Å². The number of aliphatic hydroxyl groups is 1. The second-order valence-electron chi connectivity index (χ2n) is 8.18. The molecule has 0 aliphatic carbocycles. The van der Waals surface area contributed by atoms with Crippen LogP contribution >= 0.6 is 11.3 Å². The van der Waals surface area contributed by atoms with E-state index in [0.717, 1.165) is 11.3 Å². The molecular formula is C24H22N2O5S. The molecule has 0 spiro atoms. The van der Waals surface area contributed by atoms with Crippen LogP contribution in [-0.2, 0) is 6.54 Å². The first kappa shape index (κ1) is 21.7. The predicted octanol–water partition coefficient (Wildman–Crippen LogP) is 3.31. The highest BCUT2D eigenvalue weighted by Crippen LogP contribution is 2.38. The number of nitrogens with zero attached hydrogens (tertiary/aromatic N) is 1. The number of ketones is 1. The van der Waals surface area contributed by atoms with Crippen LogP contribution in [0, 0.1) is 0 Å². The maximum Gasteiger partial charge on any atom is 0.265 e. The summed E-state index contributed by atoms with van der Waals surface area (Å²) in [6, 6.07) is 15.7. The van der Waals surface area contributed by atoms with Crippen molar-refractivity contribution in [3.8, 4) is 5.75 Å². The van der Waals surface area contributed by atoms with Crippen LogP contribution in [-0.4, -0.2) is 38.6 Å². The third kappa shape index (κ3) is 4.02. The second-order valence-corrected chi connectivity index (χ2v) is 9.20. The van der Waals surface area contributed by atoms with Crippen LogP contribution in [0.3, 0.4) is 0 Å². The zero-order valence-corrected chi connectivity index (χ0v) is 18.4. The number of fused-ring (bicyclic) bond motifs is 3. The summed E-state index contributed by atoms with van der Waals surface area (Å²) in [5, 5.41) is 23.9. The van der Waals surface area contributed by atoms with Crippen molar-refractivity contribution in [2.75, 3.05) is 6.54 Å². The number of aromatic nitrogens is 1. The smallest absolute Gasteiger partial charge is 0.265 e. The summed E-state index contributed by atoms with van der Waals surface area (Å²) in [5.74, 6) is -1.24. The van der Waals surface area contributed by atoms with Gasteiger partial charge in [0.2, 0.25) is 0 Å². The Kier molecular flexibility index (Phi) is 5.58. The molecular weight excluding hydrogens is 428 g/mol. The average molecular weight is 451 g/mol. The molecule has 0 radical (unpaired) electrons. The number of hydrogen-bond acceptors (Lipinski definition) is 6. The average Bonchev–Trinajstić information content (AvgIpc) is 3.12. The van der Waals surface area contributed by atoms with Gasteiger partial charge in [0.05, 0.1) is 22.4 Å². The lowest BCUT2D eigenvalue weighted by Crippen LogP contribution is -2.37. The molecule has 0 aliphatic rings. The summed E-state index contributed by atoms with van der Waals surface area (Å²) >= 11 is 1.01. The minimum absolute atomic E-state index is 0.00275. The number of amides is 1. The van der Waals surface area contributed by atoms with Gasteiger partial charge in [-0.15, -0.1) is 11.3 Å². The zero-order valence-electron chi connectivity index (χ0n) is 17.6. The lowest BCUT2D eigenvalue weighted by Gasteiger charge is -2.17. The molecule has 7 nitrogen and oxygen atoms in total. The highest BCUT2D eigenvalue weighted by atomic mass is 32.1. The molecule has 2 heterocycles. The fourth-order valence-electron chi connectivity index (χ4n) is 3.50. The number of carbonyl (C=O) groups excluding carboxylic acids is 2. The first-order chi connectivity index (χ1) is 15.2. The van der Waals surface area contributed by atoms with Gasteiger partial charge in [0.1, 0.15) is 10.3 Å². The van der Waals surface area contributed by atoms with Crippen molar-refractivity contribution in [2.45, 2.75) is 26.0 Å². The van der Waals surface area contributed by atoms with E-state index in [1.54, 1.807) is 68.4 Å². The van der Waals surface area contributed by atoms with E-state index < -0.39 is 22.8 Å². The Bertz CT molecular complexity index is 1400. The molecule has 4 rings (SSSR count). The molecule has 1 amide bonds. The number of Topliss-reactive ketones (excluding diaryl/α,β-unsaturated/α-hetero) is 1. The van der Waals surface area contributed by atoms with E-state index in [9.17, 15) is 24.6 Å². The summed E-state index contributed by atoms with van der Waals surface area (Å²) in [4.78, 5) is 38.8.